The first kappa shape index (κ1) is 16.7. The third-order valence-electron chi connectivity index (χ3n) is 5.70. The van der Waals surface area contributed by atoms with Gasteiger partial charge in [0.05, 0.1) is 25.9 Å². The van der Waals surface area contributed by atoms with Crippen LogP contribution in [0.3, 0.4) is 0 Å². The zero-order chi connectivity index (χ0) is 17.7. The van der Waals surface area contributed by atoms with Crippen molar-refractivity contribution in [1.29, 1.82) is 0 Å². The summed E-state index contributed by atoms with van der Waals surface area (Å²) in [5.41, 5.74) is 0.941. The molecule has 2 aliphatic carbocycles. The number of esters is 2. The topological polar surface area (TPSA) is 72.8 Å². The summed E-state index contributed by atoms with van der Waals surface area (Å²) in [5.74, 6) is -1.03. The molecule has 5 heteroatoms. The first-order valence-electron chi connectivity index (χ1n) is 8.02. The van der Waals surface area contributed by atoms with Crippen LogP contribution in [-0.4, -0.2) is 37.4 Å². The minimum atomic E-state index is -1.29. The smallest absolute Gasteiger partial charge is 0.338 e. The van der Waals surface area contributed by atoms with Crippen LogP contribution in [0.1, 0.15) is 37.8 Å². The Hall–Kier alpha value is -2.14. The number of aliphatic hydroxyl groups is 1. The van der Waals surface area contributed by atoms with Crippen LogP contribution in [0, 0.1) is 5.41 Å². The van der Waals surface area contributed by atoms with E-state index < -0.39 is 28.9 Å². The quantitative estimate of drug-likeness (QED) is 0.842. The number of aliphatic hydroxyl groups excluding tert-OH is 1. The van der Waals surface area contributed by atoms with Crippen LogP contribution in [-0.2, 0) is 24.5 Å². The Morgan fingerprint density at radius 1 is 1.17 bits per heavy atom. The van der Waals surface area contributed by atoms with Crippen molar-refractivity contribution in [1.82, 2.24) is 0 Å². The normalized spacial score (nSPS) is 31.3. The number of ether oxygens (including phenoxy) is 2. The lowest BCUT2D eigenvalue weighted by Crippen LogP contribution is -2.51. The Morgan fingerprint density at radius 2 is 1.83 bits per heavy atom. The minimum absolute atomic E-state index is 0.377. The third-order valence-corrected chi connectivity index (χ3v) is 5.70. The average molecular weight is 330 g/mol. The molecule has 0 unspecified atom stereocenters. The Bertz CT molecular complexity index is 750. The van der Waals surface area contributed by atoms with Crippen molar-refractivity contribution in [2.45, 2.75) is 38.2 Å². The Morgan fingerprint density at radius 3 is 2.46 bits per heavy atom. The molecule has 1 N–H and O–H groups in total. The minimum Gasteiger partial charge on any atom is -0.468 e. The average Bonchev–Trinajstić information content (AvgIpc) is 2.87. The Kier molecular flexibility index (Phi) is 3.79. The summed E-state index contributed by atoms with van der Waals surface area (Å²) in [7, 11) is 2.62. The van der Waals surface area contributed by atoms with Crippen LogP contribution in [0.15, 0.2) is 29.8 Å². The van der Waals surface area contributed by atoms with Gasteiger partial charge in [-0.15, -0.1) is 0 Å². The Labute approximate surface area is 141 Å². The molecule has 1 aromatic carbocycles. The van der Waals surface area contributed by atoms with Crippen LogP contribution in [0.2, 0.25) is 0 Å². The lowest BCUT2D eigenvalue weighted by Gasteiger charge is -2.46. The van der Waals surface area contributed by atoms with Crippen molar-refractivity contribution in [3.8, 4) is 0 Å². The fourth-order valence-electron chi connectivity index (χ4n) is 4.46. The number of methoxy groups -OCH3 is 2. The zero-order valence-corrected chi connectivity index (χ0v) is 14.4. The number of hydrogen-bond acceptors (Lipinski definition) is 5. The lowest BCUT2D eigenvalue weighted by molar-refractivity contribution is -0.158. The van der Waals surface area contributed by atoms with E-state index in [1.54, 1.807) is 6.92 Å². The van der Waals surface area contributed by atoms with Gasteiger partial charge in [0.2, 0.25) is 0 Å². The van der Waals surface area contributed by atoms with Gasteiger partial charge in [0, 0.05) is 5.41 Å². The molecule has 0 aliphatic heterocycles. The van der Waals surface area contributed by atoms with Crippen molar-refractivity contribution >= 4 is 17.5 Å². The van der Waals surface area contributed by atoms with Crippen LogP contribution in [0.25, 0.3) is 5.57 Å². The standard InChI is InChI=1S/C19H22O5/c1-18-10-9-13(20)19(2,17(22)24-4)15(18)14(16(21)23-3)11-7-5-6-8-12(11)18/h5-8,13,20H,9-10H2,1-4H3/t13-,18-,19+/m0/s1. The van der Waals surface area contributed by atoms with Crippen LogP contribution >= 0.6 is 0 Å². The summed E-state index contributed by atoms with van der Waals surface area (Å²) in [6.45, 7) is 3.68. The van der Waals surface area contributed by atoms with Gasteiger partial charge in [-0.25, -0.2) is 4.79 Å². The van der Waals surface area contributed by atoms with Gasteiger partial charge in [-0.05, 0) is 36.5 Å². The molecule has 1 aromatic rings. The molecule has 0 heterocycles. The lowest BCUT2D eigenvalue weighted by atomic mass is 9.57. The molecule has 5 nitrogen and oxygen atoms in total. The molecule has 0 bridgehead atoms. The molecule has 0 amide bonds. The van der Waals surface area contributed by atoms with Gasteiger partial charge in [0.1, 0.15) is 5.41 Å². The van der Waals surface area contributed by atoms with Gasteiger partial charge < -0.3 is 14.6 Å². The number of rotatable bonds is 2. The van der Waals surface area contributed by atoms with E-state index in [-0.39, 0.29) is 0 Å². The van der Waals surface area contributed by atoms with E-state index in [2.05, 4.69) is 0 Å². The molecule has 0 aromatic heterocycles. The van der Waals surface area contributed by atoms with Crippen LogP contribution in [0.4, 0.5) is 0 Å². The van der Waals surface area contributed by atoms with E-state index in [0.29, 0.717) is 24.0 Å². The molecule has 0 spiro atoms. The summed E-state index contributed by atoms with van der Waals surface area (Å²) < 4.78 is 9.99. The summed E-state index contributed by atoms with van der Waals surface area (Å²) in [4.78, 5) is 25.2. The maximum atomic E-state index is 12.6. The van der Waals surface area contributed by atoms with Crippen molar-refractivity contribution in [3.05, 3.63) is 41.0 Å². The summed E-state index contributed by atoms with van der Waals surface area (Å²) in [6.07, 6.45) is 0.184. The maximum absolute atomic E-state index is 12.6. The summed E-state index contributed by atoms with van der Waals surface area (Å²) >= 11 is 0. The van der Waals surface area contributed by atoms with Gasteiger partial charge in [0.25, 0.3) is 0 Å². The molecular formula is C19H22O5. The molecule has 1 saturated carbocycles. The summed E-state index contributed by atoms with van der Waals surface area (Å²) in [5, 5.41) is 10.7. The number of fused-ring (bicyclic) bond motifs is 3. The number of hydrogen-bond donors (Lipinski definition) is 1. The van der Waals surface area contributed by atoms with Gasteiger partial charge >= 0.3 is 11.9 Å². The maximum Gasteiger partial charge on any atom is 0.338 e. The van der Waals surface area contributed by atoms with E-state index in [0.717, 1.165) is 11.1 Å². The van der Waals surface area contributed by atoms with E-state index >= 15 is 0 Å². The highest BCUT2D eigenvalue weighted by Crippen LogP contribution is 2.60. The van der Waals surface area contributed by atoms with E-state index in [9.17, 15) is 14.7 Å². The summed E-state index contributed by atoms with van der Waals surface area (Å²) in [6, 6.07) is 7.61. The largest absolute Gasteiger partial charge is 0.468 e. The number of carbonyl (C=O) groups excluding carboxylic acids is 2. The van der Waals surface area contributed by atoms with E-state index in [1.165, 1.54) is 14.2 Å². The van der Waals surface area contributed by atoms with E-state index in [4.69, 9.17) is 9.47 Å². The second-order valence-corrected chi connectivity index (χ2v) is 6.87. The number of benzene rings is 1. The predicted molar refractivity (Wildman–Crippen MR) is 88.1 cm³/mol. The highest BCUT2D eigenvalue weighted by Gasteiger charge is 2.60. The van der Waals surface area contributed by atoms with Crippen molar-refractivity contribution in [2.24, 2.45) is 5.41 Å². The van der Waals surface area contributed by atoms with Crippen LogP contribution < -0.4 is 0 Å². The zero-order valence-electron chi connectivity index (χ0n) is 14.4. The number of carbonyl (C=O) groups is 2. The fourth-order valence-corrected chi connectivity index (χ4v) is 4.46. The molecule has 0 saturated heterocycles. The monoisotopic (exact) mass is 330 g/mol. The molecule has 3 rings (SSSR count). The van der Waals surface area contributed by atoms with Gasteiger partial charge in [-0.1, -0.05) is 31.2 Å². The third kappa shape index (κ3) is 1.91. The van der Waals surface area contributed by atoms with Crippen molar-refractivity contribution < 1.29 is 24.2 Å². The van der Waals surface area contributed by atoms with Gasteiger partial charge in [-0.3, -0.25) is 4.79 Å². The predicted octanol–water partition coefficient (Wildman–Crippen LogP) is 2.22. The van der Waals surface area contributed by atoms with Crippen LogP contribution in [0.5, 0.6) is 0 Å². The van der Waals surface area contributed by atoms with Gasteiger partial charge in [-0.2, -0.15) is 0 Å². The SMILES string of the molecule is COC(=O)C1=C2[C@](C)(C(=O)OC)[C@@H](O)CC[C@@]2(C)c2ccccc21. The molecular weight excluding hydrogens is 308 g/mol. The molecule has 128 valence electrons. The first-order chi connectivity index (χ1) is 11.3. The molecule has 2 aliphatic rings. The molecule has 3 atom stereocenters. The molecule has 1 fully saturated rings. The highest BCUT2D eigenvalue weighted by molar-refractivity contribution is 6.21. The first-order valence-corrected chi connectivity index (χ1v) is 8.02. The van der Waals surface area contributed by atoms with Crippen molar-refractivity contribution in [2.75, 3.05) is 14.2 Å². The van der Waals surface area contributed by atoms with Crippen molar-refractivity contribution in [3.63, 3.8) is 0 Å². The van der Waals surface area contributed by atoms with Gasteiger partial charge in [0.15, 0.2) is 0 Å². The highest BCUT2D eigenvalue weighted by atomic mass is 16.5. The van der Waals surface area contributed by atoms with E-state index in [1.807, 2.05) is 31.2 Å². The Balaban J connectivity index is 2.38. The molecule has 0 radical (unpaired) electrons. The second kappa shape index (κ2) is 5.45. The fraction of sp³-hybridized carbons (Fsp3) is 0.474. The second-order valence-electron chi connectivity index (χ2n) is 6.87. The molecule has 24 heavy (non-hydrogen) atoms.